The molecule has 0 fully saturated rings. The highest BCUT2D eigenvalue weighted by Gasteiger charge is 2.13. The highest BCUT2D eigenvalue weighted by Crippen LogP contribution is 2.14. The molecule has 1 amide bonds. The fourth-order valence-corrected chi connectivity index (χ4v) is 2.45. The van der Waals surface area contributed by atoms with E-state index in [-0.39, 0.29) is 5.91 Å². The van der Waals surface area contributed by atoms with Crippen molar-refractivity contribution in [2.45, 2.75) is 13.1 Å². The number of rotatable bonds is 6. The van der Waals surface area contributed by atoms with E-state index >= 15 is 0 Å². The molecule has 0 aliphatic rings. The molecule has 0 aliphatic heterocycles. The van der Waals surface area contributed by atoms with Crippen LogP contribution in [-0.2, 0) is 13.1 Å². The molecule has 3 rings (SSSR count). The first-order valence-electron chi connectivity index (χ1n) is 7.59. The summed E-state index contributed by atoms with van der Waals surface area (Å²) in [5.74, 6) is 0.105. The van der Waals surface area contributed by atoms with E-state index in [2.05, 4.69) is 15.4 Å². The van der Waals surface area contributed by atoms with Crippen LogP contribution in [0.4, 0.5) is 0 Å². The van der Waals surface area contributed by atoms with Gasteiger partial charge in [0.25, 0.3) is 5.91 Å². The summed E-state index contributed by atoms with van der Waals surface area (Å²) in [6.45, 7) is 1.09. The summed E-state index contributed by atoms with van der Waals surface area (Å²) in [5.41, 5.74) is 2.58. The maximum atomic E-state index is 12.4. The quantitative estimate of drug-likeness (QED) is 0.756. The van der Waals surface area contributed by atoms with Crippen molar-refractivity contribution < 1.29 is 9.53 Å². The Hall–Kier alpha value is -3.15. The minimum atomic E-state index is -0.214. The Balaban J connectivity index is 1.71. The van der Waals surface area contributed by atoms with Crippen molar-refractivity contribution in [3.05, 3.63) is 77.7 Å². The molecule has 0 saturated heterocycles. The molecule has 2 aromatic heterocycles. The van der Waals surface area contributed by atoms with Crippen molar-refractivity contribution >= 4 is 5.91 Å². The molecule has 0 spiro atoms. The molecule has 24 heavy (non-hydrogen) atoms. The SMILES string of the molecule is COc1ncccc1C(=O)NCc1ccccc1Cn1cccn1. The predicted octanol–water partition coefficient (Wildman–Crippen LogP) is 2.27. The van der Waals surface area contributed by atoms with Crippen molar-refractivity contribution in [1.29, 1.82) is 0 Å². The number of nitrogens with zero attached hydrogens (tertiary/aromatic N) is 3. The molecule has 0 radical (unpaired) electrons. The molecule has 122 valence electrons. The molecular weight excluding hydrogens is 304 g/mol. The number of pyridine rings is 1. The third-order valence-electron chi connectivity index (χ3n) is 3.66. The monoisotopic (exact) mass is 322 g/mol. The van der Waals surface area contributed by atoms with E-state index in [1.807, 2.05) is 41.2 Å². The third-order valence-corrected chi connectivity index (χ3v) is 3.66. The van der Waals surface area contributed by atoms with Crippen molar-refractivity contribution in [2.75, 3.05) is 7.11 Å². The molecule has 3 aromatic rings. The molecule has 6 heteroatoms. The number of hydrogen-bond donors (Lipinski definition) is 1. The second kappa shape index (κ2) is 7.41. The zero-order valence-corrected chi connectivity index (χ0v) is 13.3. The van der Waals surface area contributed by atoms with Crippen molar-refractivity contribution in [2.24, 2.45) is 0 Å². The Morgan fingerprint density at radius 1 is 1.12 bits per heavy atom. The number of hydrogen-bond acceptors (Lipinski definition) is 4. The molecule has 0 bridgehead atoms. The van der Waals surface area contributed by atoms with Crippen molar-refractivity contribution in [1.82, 2.24) is 20.1 Å². The standard InChI is InChI=1S/C18H18N4O2/c1-24-18-16(8-4-9-19-18)17(23)20-12-14-6-2-3-7-15(14)13-22-11-5-10-21-22/h2-11H,12-13H2,1H3,(H,20,23). The number of amides is 1. The molecule has 6 nitrogen and oxygen atoms in total. The fraction of sp³-hybridized carbons (Fsp3) is 0.167. The van der Waals surface area contributed by atoms with E-state index in [0.717, 1.165) is 11.1 Å². The number of benzene rings is 1. The van der Waals surface area contributed by atoms with E-state index in [0.29, 0.717) is 24.5 Å². The molecular formula is C18H18N4O2. The van der Waals surface area contributed by atoms with Crippen LogP contribution < -0.4 is 10.1 Å². The summed E-state index contributed by atoms with van der Waals surface area (Å²) in [6.07, 6.45) is 5.25. The minimum Gasteiger partial charge on any atom is -0.480 e. The molecule has 0 unspecified atom stereocenters. The molecule has 1 aromatic carbocycles. The molecule has 1 N–H and O–H groups in total. The van der Waals surface area contributed by atoms with Gasteiger partial charge >= 0.3 is 0 Å². The van der Waals surface area contributed by atoms with Gasteiger partial charge in [-0.25, -0.2) is 4.98 Å². The van der Waals surface area contributed by atoms with Gasteiger partial charge in [0.15, 0.2) is 0 Å². The van der Waals surface area contributed by atoms with Crippen molar-refractivity contribution in [3.63, 3.8) is 0 Å². The van der Waals surface area contributed by atoms with Gasteiger partial charge < -0.3 is 10.1 Å². The van der Waals surface area contributed by atoms with Crippen LogP contribution >= 0.6 is 0 Å². The van der Waals surface area contributed by atoms with Crippen LogP contribution in [0.1, 0.15) is 21.5 Å². The highest BCUT2D eigenvalue weighted by atomic mass is 16.5. The fourth-order valence-electron chi connectivity index (χ4n) is 2.45. The summed E-state index contributed by atoms with van der Waals surface area (Å²) in [6, 6.07) is 13.3. The van der Waals surface area contributed by atoms with Gasteiger partial charge in [-0.05, 0) is 29.3 Å². The smallest absolute Gasteiger partial charge is 0.257 e. The van der Waals surface area contributed by atoms with Gasteiger partial charge in [0.1, 0.15) is 5.56 Å². The van der Waals surface area contributed by atoms with Crippen LogP contribution in [0.3, 0.4) is 0 Å². The zero-order valence-electron chi connectivity index (χ0n) is 13.3. The summed E-state index contributed by atoms with van der Waals surface area (Å²) in [4.78, 5) is 16.4. The van der Waals surface area contributed by atoms with E-state index in [4.69, 9.17) is 4.74 Å². The second-order valence-electron chi connectivity index (χ2n) is 5.22. The van der Waals surface area contributed by atoms with Gasteiger partial charge in [0.05, 0.1) is 13.7 Å². The Kier molecular flexibility index (Phi) is 4.86. The van der Waals surface area contributed by atoms with Gasteiger partial charge in [0.2, 0.25) is 5.88 Å². The summed E-state index contributed by atoms with van der Waals surface area (Å²) < 4.78 is 6.98. The van der Waals surface area contributed by atoms with Gasteiger partial charge in [-0.1, -0.05) is 24.3 Å². The lowest BCUT2D eigenvalue weighted by molar-refractivity contribution is 0.0947. The van der Waals surface area contributed by atoms with Crippen LogP contribution in [-0.4, -0.2) is 27.8 Å². The van der Waals surface area contributed by atoms with Crippen LogP contribution in [0.5, 0.6) is 5.88 Å². The van der Waals surface area contributed by atoms with Gasteiger partial charge in [-0.3, -0.25) is 9.48 Å². The van der Waals surface area contributed by atoms with E-state index in [1.165, 1.54) is 7.11 Å². The number of methoxy groups -OCH3 is 1. The Labute approximate surface area is 140 Å². The molecule has 0 atom stereocenters. The van der Waals surface area contributed by atoms with Crippen molar-refractivity contribution in [3.8, 4) is 5.88 Å². The number of ether oxygens (including phenoxy) is 1. The van der Waals surface area contributed by atoms with Crippen LogP contribution in [0.2, 0.25) is 0 Å². The first-order chi connectivity index (χ1) is 11.8. The van der Waals surface area contributed by atoms with E-state index in [9.17, 15) is 4.79 Å². The lowest BCUT2D eigenvalue weighted by Gasteiger charge is -2.12. The lowest BCUT2D eigenvalue weighted by Crippen LogP contribution is -2.24. The van der Waals surface area contributed by atoms with Gasteiger partial charge in [-0.2, -0.15) is 5.10 Å². The summed E-state index contributed by atoms with van der Waals surface area (Å²) in [5, 5.41) is 7.14. The van der Waals surface area contributed by atoms with E-state index < -0.39 is 0 Å². The number of aromatic nitrogens is 3. The molecule has 0 aliphatic carbocycles. The Morgan fingerprint density at radius 3 is 2.71 bits per heavy atom. The highest BCUT2D eigenvalue weighted by molar-refractivity contribution is 5.96. The Morgan fingerprint density at radius 2 is 1.96 bits per heavy atom. The Bertz CT molecular complexity index is 815. The largest absolute Gasteiger partial charge is 0.480 e. The summed E-state index contributed by atoms with van der Waals surface area (Å²) in [7, 11) is 1.50. The number of carbonyl (C=O) groups is 1. The molecule has 0 saturated carbocycles. The number of nitrogens with one attached hydrogen (secondary N) is 1. The second-order valence-corrected chi connectivity index (χ2v) is 5.22. The maximum Gasteiger partial charge on any atom is 0.257 e. The first-order valence-corrected chi connectivity index (χ1v) is 7.59. The molecule has 2 heterocycles. The van der Waals surface area contributed by atoms with Crippen LogP contribution in [0.15, 0.2) is 61.1 Å². The normalized spacial score (nSPS) is 10.4. The van der Waals surface area contributed by atoms with Gasteiger partial charge in [-0.15, -0.1) is 0 Å². The number of carbonyl (C=O) groups excluding carboxylic acids is 1. The van der Waals surface area contributed by atoms with Gasteiger partial charge in [0, 0.05) is 25.1 Å². The van der Waals surface area contributed by atoms with Crippen LogP contribution in [0.25, 0.3) is 0 Å². The predicted molar refractivity (Wildman–Crippen MR) is 89.7 cm³/mol. The minimum absolute atomic E-state index is 0.214. The van der Waals surface area contributed by atoms with Crippen LogP contribution in [0, 0.1) is 0 Å². The summed E-state index contributed by atoms with van der Waals surface area (Å²) >= 11 is 0. The third kappa shape index (κ3) is 3.60. The first kappa shape index (κ1) is 15.7. The average Bonchev–Trinajstić information content (AvgIpc) is 3.13. The lowest BCUT2D eigenvalue weighted by atomic mass is 10.1. The average molecular weight is 322 g/mol. The van der Waals surface area contributed by atoms with E-state index in [1.54, 1.807) is 24.5 Å². The zero-order chi connectivity index (χ0) is 16.8. The maximum absolute atomic E-state index is 12.4. The topological polar surface area (TPSA) is 69.0 Å².